The molecule has 0 aliphatic heterocycles. The molecule has 0 aromatic carbocycles. The molecular formula is C36H70O7. The second-order valence-corrected chi connectivity index (χ2v) is 12.8. The highest BCUT2D eigenvalue weighted by Crippen LogP contribution is 2.20. The largest absolute Gasteiger partial charge is 0.481 e. The van der Waals surface area contributed by atoms with Crippen LogP contribution in [0.15, 0.2) is 0 Å². The normalized spacial score (nSPS) is 14.3. The van der Waals surface area contributed by atoms with E-state index in [2.05, 4.69) is 13.8 Å². The molecule has 0 fully saturated rings. The molecule has 0 radical (unpaired) electrons. The average Bonchev–Trinajstić information content (AvgIpc) is 2.98. The molecule has 0 aliphatic rings. The highest BCUT2D eigenvalue weighted by Gasteiger charge is 2.23. The first-order valence-corrected chi connectivity index (χ1v) is 18.3. The van der Waals surface area contributed by atoms with Gasteiger partial charge in [-0.2, -0.15) is 0 Å². The average molecular weight is 615 g/mol. The van der Waals surface area contributed by atoms with Gasteiger partial charge in [-0.05, 0) is 44.9 Å². The Morgan fingerprint density at radius 3 is 1.26 bits per heavy atom. The van der Waals surface area contributed by atoms with Gasteiger partial charge in [-0.15, -0.1) is 0 Å². The third kappa shape index (κ3) is 28.1. The number of carbonyl (C=O) groups excluding carboxylic acids is 1. The van der Waals surface area contributed by atoms with Crippen molar-refractivity contribution in [2.45, 2.75) is 218 Å². The summed E-state index contributed by atoms with van der Waals surface area (Å²) in [5.41, 5.74) is 0. The number of unbranched alkanes of at least 4 members (excludes halogenated alkanes) is 18. The zero-order chi connectivity index (χ0) is 32.0. The van der Waals surface area contributed by atoms with Crippen LogP contribution in [0.1, 0.15) is 194 Å². The molecule has 0 aromatic heterocycles. The lowest BCUT2D eigenvalue weighted by Gasteiger charge is -2.23. The Kier molecular flexibility index (Phi) is 30.0. The molecule has 0 bridgehead atoms. The van der Waals surface area contributed by atoms with Crippen LogP contribution in [0.5, 0.6) is 0 Å². The third-order valence-corrected chi connectivity index (χ3v) is 8.62. The van der Waals surface area contributed by atoms with Crippen LogP contribution in [0, 0.1) is 0 Å². The highest BCUT2D eigenvalue weighted by molar-refractivity contribution is 5.69. The van der Waals surface area contributed by atoms with Crippen molar-refractivity contribution in [3.8, 4) is 0 Å². The molecule has 0 rings (SSSR count). The van der Waals surface area contributed by atoms with E-state index in [9.17, 15) is 24.9 Å². The van der Waals surface area contributed by atoms with Crippen molar-refractivity contribution in [3.63, 3.8) is 0 Å². The lowest BCUT2D eigenvalue weighted by atomic mass is 9.99. The van der Waals surface area contributed by atoms with Crippen molar-refractivity contribution in [1.29, 1.82) is 0 Å². The minimum atomic E-state index is -0.752. The maximum absolute atomic E-state index is 12.6. The molecule has 4 N–H and O–H groups in total. The van der Waals surface area contributed by atoms with Crippen LogP contribution >= 0.6 is 0 Å². The molecule has 0 amide bonds. The number of rotatable bonds is 33. The zero-order valence-electron chi connectivity index (χ0n) is 28.1. The van der Waals surface area contributed by atoms with Crippen LogP contribution in [0.3, 0.4) is 0 Å². The predicted molar refractivity (Wildman–Crippen MR) is 176 cm³/mol. The fourth-order valence-electron chi connectivity index (χ4n) is 5.70. The second-order valence-electron chi connectivity index (χ2n) is 12.8. The molecule has 0 saturated heterocycles. The van der Waals surface area contributed by atoms with Crippen LogP contribution in [0.25, 0.3) is 0 Å². The Balaban J connectivity index is 4.20. The molecule has 7 heteroatoms. The van der Waals surface area contributed by atoms with Crippen LogP contribution in [0.4, 0.5) is 0 Å². The number of carboxylic acids is 1. The van der Waals surface area contributed by atoms with E-state index in [1.807, 2.05) is 0 Å². The number of carboxylic acid groups (broad SMARTS) is 1. The van der Waals surface area contributed by atoms with Crippen molar-refractivity contribution in [1.82, 2.24) is 0 Å². The summed E-state index contributed by atoms with van der Waals surface area (Å²) in [6.45, 7) is 4.40. The number of carbonyl (C=O) groups is 2. The Morgan fingerprint density at radius 2 is 0.814 bits per heavy atom. The third-order valence-electron chi connectivity index (χ3n) is 8.62. The fraction of sp³-hybridized carbons (Fsp3) is 0.944. The molecule has 0 saturated carbocycles. The van der Waals surface area contributed by atoms with Crippen molar-refractivity contribution in [2.75, 3.05) is 0 Å². The molecule has 0 spiro atoms. The van der Waals surface area contributed by atoms with Gasteiger partial charge in [0.05, 0.1) is 18.3 Å². The van der Waals surface area contributed by atoms with Gasteiger partial charge in [0.2, 0.25) is 0 Å². The summed E-state index contributed by atoms with van der Waals surface area (Å²) in [6, 6.07) is 0. The van der Waals surface area contributed by atoms with Gasteiger partial charge in [-0.1, -0.05) is 136 Å². The lowest BCUT2D eigenvalue weighted by Crippen LogP contribution is -2.31. The maximum atomic E-state index is 12.6. The molecule has 7 nitrogen and oxygen atoms in total. The van der Waals surface area contributed by atoms with E-state index in [4.69, 9.17) is 9.84 Å². The Bertz CT molecular complexity index is 627. The Hall–Kier alpha value is -1.18. The van der Waals surface area contributed by atoms with Crippen molar-refractivity contribution in [3.05, 3.63) is 0 Å². The molecule has 256 valence electrons. The molecule has 4 atom stereocenters. The highest BCUT2D eigenvalue weighted by atomic mass is 16.6. The number of ether oxygens (including phenoxy) is 1. The van der Waals surface area contributed by atoms with Gasteiger partial charge in [-0.3, -0.25) is 9.59 Å². The number of aliphatic hydroxyl groups excluding tert-OH is 3. The van der Waals surface area contributed by atoms with Crippen LogP contribution in [-0.2, 0) is 14.3 Å². The predicted octanol–water partition coefficient (Wildman–Crippen LogP) is 9.03. The van der Waals surface area contributed by atoms with E-state index < -0.39 is 30.4 Å². The molecule has 4 unspecified atom stereocenters. The van der Waals surface area contributed by atoms with Gasteiger partial charge in [0, 0.05) is 12.8 Å². The summed E-state index contributed by atoms with van der Waals surface area (Å²) < 4.78 is 5.78. The van der Waals surface area contributed by atoms with E-state index in [-0.39, 0.29) is 12.4 Å². The van der Waals surface area contributed by atoms with E-state index in [0.29, 0.717) is 38.5 Å². The molecular weight excluding hydrogens is 544 g/mol. The topological polar surface area (TPSA) is 124 Å². The fourth-order valence-corrected chi connectivity index (χ4v) is 5.70. The zero-order valence-corrected chi connectivity index (χ0v) is 28.1. The summed E-state index contributed by atoms with van der Waals surface area (Å²) in [5, 5.41) is 40.1. The minimum absolute atomic E-state index is 0.210. The van der Waals surface area contributed by atoms with Crippen LogP contribution < -0.4 is 0 Å². The smallest absolute Gasteiger partial charge is 0.306 e. The number of aliphatic hydroxyl groups is 3. The first kappa shape index (κ1) is 41.8. The van der Waals surface area contributed by atoms with Crippen molar-refractivity contribution < 1.29 is 34.8 Å². The monoisotopic (exact) mass is 615 g/mol. The number of hydrogen-bond donors (Lipinski definition) is 4. The summed E-state index contributed by atoms with van der Waals surface area (Å²) in [4.78, 5) is 23.3. The van der Waals surface area contributed by atoms with E-state index in [1.165, 1.54) is 51.4 Å². The van der Waals surface area contributed by atoms with Crippen LogP contribution in [-0.4, -0.2) is 56.8 Å². The minimum Gasteiger partial charge on any atom is -0.481 e. The summed E-state index contributed by atoms with van der Waals surface area (Å²) in [5.74, 6) is -0.987. The lowest BCUT2D eigenvalue weighted by molar-refractivity contribution is -0.156. The summed E-state index contributed by atoms with van der Waals surface area (Å²) >= 11 is 0. The number of esters is 1. The van der Waals surface area contributed by atoms with Crippen molar-refractivity contribution >= 4 is 11.9 Å². The SMILES string of the molecule is CCCCCCCCC(O)C(O)CCCCCCCC(=O)OC(CCCCCCCC(=O)O)C(O)CCCCCCCC. The standard InChI is InChI=1S/C36H70O7/c1-3-5-7-9-13-19-25-31(37)32(38)26-20-15-11-18-24-30-36(42)43-34(28-22-16-12-17-23-29-35(40)41)33(39)27-21-14-10-8-6-4-2/h31-34,37-39H,3-30H2,1-2H3,(H,40,41). The van der Waals surface area contributed by atoms with Gasteiger partial charge in [0.1, 0.15) is 6.10 Å². The summed E-state index contributed by atoms with van der Waals surface area (Å²) in [7, 11) is 0. The number of hydrogen-bond acceptors (Lipinski definition) is 6. The first-order chi connectivity index (χ1) is 20.8. The van der Waals surface area contributed by atoms with Gasteiger partial charge in [-0.25, -0.2) is 0 Å². The molecule has 43 heavy (non-hydrogen) atoms. The van der Waals surface area contributed by atoms with Crippen molar-refractivity contribution in [2.24, 2.45) is 0 Å². The van der Waals surface area contributed by atoms with E-state index in [1.54, 1.807) is 0 Å². The summed E-state index contributed by atoms with van der Waals surface area (Å²) in [6.07, 6.45) is 23.6. The van der Waals surface area contributed by atoms with E-state index >= 15 is 0 Å². The molecule has 0 heterocycles. The molecule has 0 aliphatic carbocycles. The Morgan fingerprint density at radius 1 is 0.465 bits per heavy atom. The quantitative estimate of drug-likeness (QED) is 0.0429. The van der Waals surface area contributed by atoms with Gasteiger partial charge in [0.25, 0.3) is 0 Å². The molecule has 0 aromatic rings. The maximum Gasteiger partial charge on any atom is 0.306 e. The Labute approximate surface area is 264 Å². The first-order valence-electron chi connectivity index (χ1n) is 18.3. The van der Waals surface area contributed by atoms with E-state index in [0.717, 1.165) is 83.5 Å². The van der Waals surface area contributed by atoms with Crippen LogP contribution in [0.2, 0.25) is 0 Å². The second kappa shape index (κ2) is 30.8. The number of aliphatic carboxylic acids is 1. The van der Waals surface area contributed by atoms with Gasteiger partial charge < -0.3 is 25.2 Å². The van der Waals surface area contributed by atoms with Gasteiger partial charge in [0.15, 0.2) is 0 Å². The van der Waals surface area contributed by atoms with Gasteiger partial charge >= 0.3 is 11.9 Å².